The molecular weight excluding hydrogens is 214 g/mol. The molecule has 0 aliphatic heterocycles. The van der Waals surface area contributed by atoms with Gasteiger partial charge in [0.2, 0.25) is 0 Å². The molecule has 1 heterocycles. The second kappa shape index (κ2) is 3.93. The summed E-state index contributed by atoms with van der Waals surface area (Å²) < 4.78 is 0. The zero-order valence-corrected chi connectivity index (χ0v) is 9.34. The number of fused-ring (bicyclic) bond motifs is 1. The van der Waals surface area contributed by atoms with Crippen molar-refractivity contribution in [3.8, 4) is 0 Å². The predicted molar refractivity (Wildman–Crippen MR) is 64.8 cm³/mol. The number of hydrogen-bond acceptors (Lipinski definition) is 3. The summed E-state index contributed by atoms with van der Waals surface area (Å²) in [5, 5.41) is 10.8. The Bertz CT molecular complexity index is 575. The molecular formula is C14H13NO2. The summed E-state index contributed by atoms with van der Waals surface area (Å²) in [4.78, 5) is 16.2. The monoisotopic (exact) mass is 227 g/mol. The number of pyridine rings is 1. The summed E-state index contributed by atoms with van der Waals surface area (Å²) in [6, 6.07) is 9.20. The van der Waals surface area contributed by atoms with Crippen LogP contribution in [0.25, 0.3) is 10.9 Å². The van der Waals surface area contributed by atoms with Gasteiger partial charge in [-0.15, -0.1) is 0 Å². The molecule has 1 unspecified atom stereocenters. The van der Waals surface area contributed by atoms with Crippen LogP contribution in [0.2, 0.25) is 0 Å². The molecule has 1 aromatic heterocycles. The predicted octanol–water partition coefficient (Wildman–Crippen LogP) is 2.19. The number of benzene rings is 1. The fourth-order valence-electron chi connectivity index (χ4n) is 2.02. The quantitative estimate of drug-likeness (QED) is 0.818. The molecule has 1 N–H and O–H groups in total. The van der Waals surface area contributed by atoms with Crippen molar-refractivity contribution < 1.29 is 9.90 Å². The van der Waals surface area contributed by atoms with Gasteiger partial charge >= 0.3 is 0 Å². The van der Waals surface area contributed by atoms with Gasteiger partial charge in [0.05, 0.1) is 5.52 Å². The van der Waals surface area contributed by atoms with Gasteiger partial charge in [-0.05, 0) is 30.9 Å². The number of aliphatic hydroxyl groups excluding tert-OH is 1. The summed E-state index contributed by atoms with van der Waals surface area (Å²) in [5.74, 6) is -0.0121. The summed E-state index contributed by atoms with van der Waals surface area (Å²) >= 11 is 0. The van der Waals surface area contributed by atoms with Gasteiger partial charge in [0, 0.05) is 17.1 Å². The molecule has 1 aromatic carbocycles. The van der Waals surface area contributed by atoms with Gasteiger partial charge in [-0.2, -0.15) is 0 Å². The lowest BCUT2D eigenvalue weighted by Gasteiger charge is -2.08. The molecule has 3 heteroatoms. The van der Waals surface area contributed by atoms with Crippen molar-refractivity contribution in [3.05, 3.63) is 42.1 Å². The minimum absolute atomic E-state index is 0.168. The number of hydrogen-bond donors (Lipinski definition) is 1. The van der Waals surface area contributed by atoms with E-state index in [-0.39, 0.29) is 11.7 Å². The fraction of sp³-hybridized carbons (Fsp3) is 0.286. The SMILES string of the molecule is O=C(c1ccc2cccnc2c1)C(O)C1CC1. The maximum Gasteiger partial charge on any atom is 0.191 e. The van der Waals surface area contributed by atoms with Gasteiger partial charge in [0.25, 0.3) is 0 Å². The molecule has 0 spiro atoms. The zero-order chi connectivity index (χ0) is 11.8. The average molecular weight is 227 g/mol. The van der Waals surface area contributed by atoms with Crippen LogP contribution in [-0.4, -0.2) is 22.0 Å². The molecule has 3 nitrogen and oxygen atoms in total. The van der Waals surface area contributed by atoms with Crippen LogP contribution in [0.15, 0.2) is 36.5 Å². The van der Waals surface area contributed by atoms with Crippen LogP contribution in [-0.2, 0) is 0 Å². The van der Waals surface area contributed by atoms with E-state index in [4.69, 9.17) is 0 Å². The number of ketones is 1. The number of aliphatic hydroxyl groups is 1. The lowest BCUT2D eigenvalue weighted by Crippen LogP contribution is -2.22. The van der Waals surface area contributed by atoms with E-state index in [1.807, 2.05) is 18.2 Å². The third kappa shape index (κ3) is 1.94. The van der Waals surface area contributed by atoms with Crippen molar-refractivity contribution in [3.63, 3.8) is 0 Å². The summed E-state index contributed by atoms with van der Waals surface area (Å²) in [7, 11) is 0. The maximum atomic E-state index is 12.0. The van der Waals surface area contributed by atoms with Crippen molar-refractivity contribution in [2.24, 2.45) is 5.92 Å². The van der Waals surface area contributed by atoms with Crippen molar-refractivity contribution in [2.45, 2.75) is 18.9 Å². The molecule has 1 atom stereocenters. The van der Waals surface area contributed by atoms with E-state index in [2.05, 4.69) is 4.98 Å². The first-order valence-electron chi connectivity index (χ1n) is 5.83. The molecule has 0 bridgehead atoms. The van der Waals surface area contributed by atoms with Crippen LogP contribution < -0.4 is 0 Å². The van der Waals surface area contributed by atoms with Gasteiger partial charge in [0.1, 0.15) is 6.10 Å². The van der Waals surface area contributed by atoms with E-state index in [9.17, 15) is 9.90 Å². The molecule has 17 heavy (non-hydrogen) atoms. The lowest BCUT2D eigenvalue weighted by molar-refractivity contribution is 0.0704. The number of carbonyl (C=O) groups excluding carboxylic acids is 1. The molecule has 1 fully saturated rings. The molecule has 1 aliphatic carbocycles. The highest BCUT2D eigenvalue weighted by atomic mass is 16.3. The first-order chi connectivity index (χ1) is 8.25. The Balaban J connectivity index is 1.97. The molecule has 1 saturated carbocycles. The highest BCUT2D eigenvalue weighted by Crippen LogP contribution is 2.34. The molecule has 3 rings (SSSR count). The maximum absolute atomic E-state index is 12.0. The van der Waals surface area contributed by atoms with E-state index in [1.54, 1.807) is 18.3 Å². The van der Waals surface area contributed by atoms with Crippen molar-refractivity contribution in [2.75, 3.05) is 0 Å². The molecule has 0 amide bonds. The Morgan fingerprint density at radius 1 is 1.35 bits per heavy atom. The van der Waals surface area contributed by atoms with E-state index in [0.29, 0.717) is 5.56 Å². The summed E-state index contributed by atoms with van der Waals surface area (Å²) in [5.41, 5.74) is 1.34. The van der Waals surface area contributed by atoms with E-state index in [0.717, 1.165) is 23.7 Å². The number of rotatable bonds is 3. The van der Waals surface area contributed by atoms with E-state index < -0.39 is 6.10 Å². The molecule has 86 valence electrons. The first kappa shape index (κ1) is 10.4. The van der Waals surface area contributed by atoms with Gasteiger partial charge in [-0.1, -0.05) is 18.2 Å². The summed E-state index contributed by atoms with van der Waals surface area (Å²) in [6.45, 7) is 0. The van der Waals surface area contributed by atoms with Crippen molar-refractivity contribution in [1.82, 2.24) is 4.98 Å². The van der Waals surface area contributed by atoms with Gasteiger partial charge in [-0.3, -0.25) is 9.78 Å². The Morgan fingerprint density at radius 2 is 2.18 bits per heavy atom. The zero-order valence-electron chi connectivity index (χ0n) is 9.34. The van der Waals surface area contributed by atoms with Crippen LogP contribution in [0.5, 0.6) is 0 Å². The lowest BCUT2D eigenvalue weighted by atomic mass is 10.0. The smallest absolute Gasteiger partial charge is 0.191 e. The second-order valence-electron chi connectivity index (χ2n) is 4.56. The molecule has 1 aliphatic rings. The van der Waals surface area contributed by atoms with Crippen LogP contribution in [0.1, 0.15) is 23.2 Å². The second-order valence-corrected chi connectivity index (χ2v) is 4.56. The summed E-state index contributed by atoms with van der Waals surface area (Å²) in [6.07, 6.45) is 2.78. The average Bonchev–Trinajstić information content (AvgIpc) is 3.21. The van der Waals surface area contributed by atoms with Crippen LogP contribution >= 0.6 is 0 Å². The minimum Gasteiger partial charge on any atom is -0.385 e. The highest BCUT2D eigenvalue weighted by molar-refractivity contribution is 6.02. The topological polar surface area (TPSA) is 50.2 Å². The Kier molecular flexibility index (Phi) is 2.41. The van der Waals surface area contributed by atoms with Gasteiger partial charge in [0.15, 0.2) is 5.78 Å². The number of aromatic nitrogens is 1. The largest absolute Gasteiger partial charge is 0.385 e. The minimum atomic E-state index is -0.837. The fourth-order valence-corrected chi connectivity index (χ4v) is 2.02. The van der Waals surface area contributed by atoms with Crippen LogP contribution in [0.4, 0.5) is 0 Å². The number of nitrogens with zero attached hydrogens (tertiary/aromatic N) is 1. The van der Waals surface area contributed by atoms with Gasteiger partial charge in [-0.25, -0.2) is 0 Å². The Hall–Kier alpha value is -1.74. The third-order valence-corrected chi connectivity index (χ3v) is 3.23. The number of carbonyl (C=O) groups is 1. The first-order valence-corrected chi connectivity index (χ1v) is 5.83. The highest BCUT2D eigenvalue weighted by Gasteiger charge is 2.34. The molecule has 0 saturated heterocycles. The standard InChI is InChI=1S/C14H13NO2/c16-13(10-4-5-10)14(17)11-6-3-9-2-1-7-15-12(9)8-11/h1-3,6-8,10,13,16H,4-5H2. The molecule has 0 radical (unpaired) electrons. The Morgan fingerprint density at radius 3 is 2.94 bits per heavy atom. The van der Waals surface area contributed by atoms with Crippen LogP contribution in [0, 0.1) is 5.92 Å². The normalized spacial score (nSPS) is 17.0. The third-order valence-electron chi connectivity index (χ3n) is 3.23. The Labute approximate surface area is 99.1 Å². The van der Waals surface area contributed by atoms with Crippen LogP contribution in [0.3, 0.4) is 0 Å². The van der Waals surface area contributed by atoms with Crippen molar-refractivity contribution in [1.29, 1.82) is 0 Å². The van der Waals surface area contributed by atoms with Crippen molar-refractivity contribution >= 4 is 16.7 Å². The number of Topliss-reactive ketones (excluding diaryl/α,β-unsaturated/α-hetero) is 1. The van der Waals surface area contributed by atoms with Gasteiger partial charge < -0.3 is 5.11 Å². The van der Waals surface area contributed by atoms with E-state index >= 15 is 0 Å². The van der Waals surface area contributed by atoms with E-state index in [1.165, 1.54) is 0 Å². The molecule has 2 aromatic rings.